The molecular formula is C19H21FN2O3S. The van der Waals surface area contributed by atoms with Crippen LogP contribution in [0.4, 0.5) is 9.39 Å². The van der Waals surface area contributed by atoms with Crippen molar-refractivity contribution in [3.63, 3.8) is 0 Å². The van der Waals surface area contributed by atoms with Crippen LogP contribution >= 0.6 is 11.3 Å². The summed E-state index contributed by atoms with van der Waals surface area (Å²) in [6, 6.07) is 5.81. The van der Waals surface area contributed by atoms with Crippen LogP contribution < -0.4 is 5.32 Å². The molecule has 1 aliphatic heterocycles. The van der Waals surface area contributed by atoms with Crippen LogP contribution in [-0.2, 0) is 28.9 Å². The van der Waals surface area contributed by atoms with Crippen LogP contribution in [0.2, 0.25) is 0 Å². The van der Waals surface area contributed by atoms with Gasteiger partial charge in [0.1, 0.15) is 10.8 Å². The third-order valence-electron chi connectivity index (χ3n) is 4.50. The van der Waals surface area contributed by atoms with E-state index in [4.69, 9.17) is 4.74 Å². The van der Waals surface area contributed by atoms with Crippen molar-refractivity contribution in [2.24, 2.45) is 0 Å². The van der Waals surface area contributed by atoms with Crippen LogP contribution in [0.3, 0.4) is 0 Å². The maximum atomic E-state index is 13.0. The molecule has 26 heavy (non-hydrogen) atoms. The number of esters is 1. The first kappa shape index (κ1) is 18.5. The molecular weight excluding hydrogens is 355 g/mol. The van der Waals surface area contributed by atoms with Gasteiger partial charge in [-0.05, 0) is 36.2 Å². The molecule has 5 nitrogen and oxygen atoms in total. The minimum Gasteiger partial charge on any atom is -0.465 e. The van der Waals surface area contributed by atoms with Gasteiger partial charge < -0.3 is 10.1 Å². The summed E-state index contributed by atoms with van der Waals surface area (Å²) in [4.78, 5) is 28.1. The Hall–Kier alpha value is -2.25. The molecule has 0 atom stereocenters. The second-order valence-electron chi connectivity index (χ2n) is 6.17. The number of nitrogens with zero attached hydrogens (tertiary/aromatic N) is 1. The summed E-state index contributed by atoms with van der Waals surface area (Å²) in [6.07, 6.45) is 0.877. The van der Waals surface area contributed by atoms with E-state index >= 15 is 0 Å². The van der Waals surface area contributed by atoms with Crippen LogP contribution in [0.15, 0.2) is 24.3 Å². The molecule has 1 N–H and O–H groups in total. The second kappa shape index (κ2) is 7.97. The highest BCUT2D eigenvalue weighted by Gasteiger charge is 2.28. The van der Waals surface area contributed by atoms with Crippen molar-refractivity contribution < 1.29 is 18.7 Å². The van der Waals surface area contributed by atoms with Gasteiger partial charge in [0.2, 0.25) is 5.91 Å². The number of nitrogens with one attached hydrogen (secondary N) is 1. The highest BCUT2D eigenvalue weighted by atomic mass is 32.1. The lowest BCUT2D eigenvalue weighted by molar-refractivity contribution is -0.115. The molecule has 0 saturated carbocycles. The highest BCUT2D eigenvalue weighted by molar-refractivity contribution is 7.17. The maximum Gasteiger partial charge on any atom is 0.341 e. The van der Waals surface area contributed by atoms with Gasteiger partial charge in [0, 0.05) is 18.0 Å². The molecule has 0 spiro atoms. The average molecular weight is 376 g/mol. The van der Waals surface area contributed by atoms with Crippen LogP contribution in [0, 0.1) is 5.82 Å². The van der Waals surface area contributed by atoms with Gasteiger partial charge in [-0.25, -0.2) is 9.18 Å². The van der Waals surface area contributed by atoms with Gasteiger partial charge in [0.05, 0.1) is 19.1 Å². The first-order valence-corrected chi connectivity index (χ1v) is 9.33. The molecule has 2 aromatic rings. The zero-order chi connectivity index (χ0) is 18.7. The molecule has 1 amide bonds. The zero-order valence-electron chi connectivity index (χ0n) is 14.8. The fraction of sp³-hybridized carbons (Fsp3) is 0.368. The van der Waals surface area contributed by atoms with Crippen molar-refractivity contribution in [2.75, 3.05) is 25.5 Å². The van der Waals surface area contributed by atoms with Crippen molar-refractivity contribution in [1.29, 1.82) is 0 Å². The summed E-state index contributed by atoms with van der Waals surface area (Å²) in [5.41, 5.74) is 2.15. The summed E-state index contributed by atoms with van der Waals surface area (Å²) in [7, 11) is 1.34. The number of amides is 1. The van der Waals surface area contributed by atoms with E-state index in [1.807, 2.05) is 0 Å². The van der Waals surface area contributed by atoms with E-state index in [9.17, 15) is 14.0 Å². The molecule has 1 aromatic carbocycles. The molecule has 138 valence electrons. The molecule has 2 heterocycles. The zero-order valence-corrected chi connectivity index (χ0v) is 15.6. The minimum absolute atomic E-state index is 0.116. The SMILES string of the molecule is CCN1CCc2c(sc(NC(=O)Cc3ccc(F)cc3)c2C(=O)OC)C1. The van der Waals surface area contributed by atoms with Gasteiger partial charge in [-0.15, -0.1) is 11.3 Å². The number of halogens is 1. The number of fused-ring (bicyclic) bond motifs is 1. The molecule has 1 aromatic heterocycles. The van der Waals surface area contributed by atoms with Crippen molar-refractivity contribution in [3.05, 3.63) is 51.7 Å². The second-order valence-corrected chi connectivity index (χ2v) is 7.27. The molecule has 1 aliphatic rings. The van der Waals surface area contributed by atoms with E-state index in [1.165, 1.54) is 30.6 Å². The number of ether oxygens (including phenoxy) is 1. The number of hydrogen-bond donors (Lipinski definition) is 1. The third-order valence-corrected chi connectivity index (χ3v) is 5.64. The molecule has 0 fully saturated rings. The third kappa shape index (κ3) is 3.94. The van der Waals surface area contributed by atoms with Crippen LogP contribution in [0.1, 0.15) is 33.3 Å². The van der Waals surface area contributed by atoms with Gasteiger partial charge in [-0.1, -0.05) is 19.1 Å². The molecule has 0 saturated heterocycles. The summed E-state index contributed by atoms with van der Waals surface area (Å²) in [6.45, 7) is 4.70. The Labute approximate surface area is 155 Å². The quantitative estimate of drug-likeness (QED) is 0.814. The molecule has 0 radical (unpaired) electrons. The first-order valence-electron chi connectivity index (χ1n) is 8.51. The van der Waals surface area contributed by atoms with Crippen molar-refractivity contribution in [3.8, 4) is 0 Å². The lowest BCUT2D eigenvalue weighted by atomic mass is 10.0. The van der Waals surface area contributed by atoms with Crippen molar-refractivity contribution in [1.82, 2.24) is 4.90 Å². The Morgan fingerprint density at radius 1 is 1.31 bits per heavy atom. The van der Waals surface area contributed by atoms with Crippen LogP contribution in [0.5, 0.6) is 0 Å². The van der Waals surface area contributed by atoms with Crippen LogP contribution in [-0.4, -0.2) is 37.0 Å². The maximum absolute atomic E-state index is 13.0. The predicted octanol–water partition coefficient (Wildman–Crippen LogP) is 3.23. The largest absolute Gasteiger partial charge is 0.465 e. The Morgan fingerprint density at radius 2 is 2.04 bits per heavy atom. The highest BCUT2D eigenvalue weighted by Crippen LogP contribution is 2.37. The Kier molecular flexibility index (Phi) is 5.68. The number of benzene rings is 1. The monoisotopic (exact) mass is 376 g/mol. The predicted molar refractivity (Wildman–Crippen MR) is 99.0 cm³/mol. The molecule has 0 aliphatic carbocycles. The normalized spacial score (nSPS) is 14.0. The van der Waals surface area contributed by atoms with E-state index < -0.39 is 5.97 Å². The van der Waals surface area contributed by atoms with Crippen LogP contribution in [0.25, 0.3) is 0 Å². The number of likely N-dealkylation sites (N-methyl/N-ethyl adjacent to an activating group) is 1. The van der Waals surface area contributed by atoms with E-state index in [0.717, 1.165) is 36.5 Å². The van der Waals surface area contributed by atoms with Gasteiger partial charge in [0.25, 0.3) is 0 Å². The van der Waals surface area contributed by atoms with Crippen molar-refractivity contribution >= 4 is 28.2 Å². The molecule has 0 unspecified atom stereocenters. The number of carbonyl (C=O) groups is 2. The summed E-state index contributed by atoms with van der Waals surface area (Å²) in [5, 5.41) is 3.38. The number of carbonyl (C=O) groups excluding carboxylic acids is 2. The van der Waals surface area contributed by atoms with E-state index in [2.05, 4.69) is 17.1 Å². The minimum atomic E-state index is -0.426. The smallest absolute Gasteiger partial charge is 0.341 e. The van der Waals surface area contributed by atoms with Gasteiger partial charge in [-0.3, -0.25) is 9.69 Å². The number of thiophene rings is 1. The topological polar surface area (TPSA) is 58.6 Å². The molecule has 0 bridgehead atoms. The van der Waals surface area contributed by atoms with E-state index in [0.29, 0.717) is 16.1 Å². The molecule has 7 heteroatoms. The molecule has 3 rings (SSSR count). The van der Waals surface area contributed by atoms with E-state index in [-0.39, 0.29) is 18.1 Å². The fourth-order valence-electron chi connectivity index (χ4n) is 3.09. The average Bonchev–Trinajstić information content (AvgIpc) is 2.99. The lowest BCUT2D eigenvalue weighted by Gasteiger charge is -2.25. The summed E-state index contributed by atoms with van der Waals surface area (Å²) < 4.78 is 17.9. The lowest BCUT2D eigenvalue weighted by Crippen LogP contribution is -2.30. The van der Waals surface area contributed by atoms with Gasteiger partial charge >= 0.3 is 5.97 Å². The van der Waals surface area contributed by atoms with E-state index in [1.54, 1.807) is 12.1 Å². The number of rotatable bonds is 5. The van der Waals surface area contributed by atoms with Gasteiger partial charge in [-0.2, -0.15) is 0 Å². The summed E-state index contributed by atoms with van der Waals surface area (Å²) in [5.74, 6) is -1.01. The first-order chi connectivity index (χ1) is 12.5. The van der Waals surface area contributed by atoms with Gasteiger partial charge in [0.15, 0.2) is 0 Å². The summed E-state index contributed by atoms with van der Waals surface area (Å²) >= 11 is 1.43. The number of anilines is 1. The number of methoxy groups -OCH3 is 1. The number of hydrogen-bond acceptors (Lipinski definition) is 5. The Morgan fingerprint density at radius 3 is 2.69 bits per heavy atom. The fourth-order valence-corrected chi connectivity index (χ4v) is 4.39. The Balaban J connectivity index is 1.82. The Bertz CT molecular complexity index is 817. The van der Waals surface area contributed by atoms with Crippen molar-refractivity contribution in [2.45, 2.75) is 26.3 Å². The standard InChI is InChI=1S/C19H21FN2O3S/c1-3-22-9-8-14-15(11-22)26-18(17(14)19(24)25-2)21-16(23)10-12-4-6-13(20)7-5-12/h4-7H,3,8-11H2,1-2H3,(H,21,23).